The molecular formula is C12H12N2O2. The second kappa shape index (κ2) is 5.56. The summed E-state index contributed by atoms with van der Waals surface area (Å²) in [4.78, 5) is 11.3. The van der Waals surface area contributed by atoms with Crippen LogP contribution in [0.5, 0.6) is 0 Å². The minimum atomic E-state index is -0.609. The molecule has 4 heteroatoms. The first-order valence-electron chi connectivity index (χ1n) is 4.82. The fourth-order valence-corrected chi connectivity index (χ4v) is 1.10. The first kappa shape index (κ1) is 11.8. The zero-order chi connectivity index (χ0) is 12.0. The molecule has 0 saturated carbocycles. The molecule has 1 rings (SSSR count). The topological polar surface area (TPSA) is 76.1 Å². The van der Waals surface area contributed by atoms with Crippen LogP contribution < -0.4 is 5.73 Å². The number of nitriles is 1. The quantitative estimate of drug-likeness (QED) is 0.361. The maximum atomic E-state index is 11.3. The van der Waals surface area contributed by atoms with Crippen LogP contribution in [0.4, 0.5) is 5.69 Å². The molecule has 1 aromatic rings. The van der Waals surface area contributed by atoms with Crippen molar-refractivity contribution in [3.8, 4) is 6.07 Å². The number of ether oxygens (including phenoxy) is 1. The van der Waals surface area contributed by atoms with E-state index in [1.54, 1.807) is 37.3 Å². The Labute approximate surface area is 93.9 Å². The van der Waals surface area contributed by atoms with Crippen molar-refractivity contribution in [1.29, 1.82) is 5.26 Å². The summed E-state index contributed by atoms with van der Waals surface area (Å²) in [5, 5.41) is 8.80. The number of anilines is 1. The van der Waals surface area contributed by atoms with Gasteiger partial charge in [-0.3, -0.25) is 0 Å². The minimum absolute atomic E-state index is 0.0216. The van der Waals surface area contributed by atoms with Crippen molar-refractivity contribution >= 4 is 17.7 Å². The van der Waals surface area contributed by atoms with Gasteiger partial charge in [-0.05, 0) is 30.7 Å². The summed E-state index contributed by atoms with van der Waals surface area (Å²) in [6, 6.07) is 8.66. The zero-order valence-corrected chi connectivity index (χ0v) is 8.93. The van der Waals surface area contributed by atoms with Crippen molar-refractivity contribution < 1.29 is 9.53 Å². The Balaban J connectivity index is 2.92. The highest BCUT2D eigenvalue weighted by molar-refractivity contribution is 5.97. The summed E-state index contributed by atoms with van der Waals surface area (Å²) in [6.45, 7) is 1.94. The molecule has 0 atom stereocenters. The molecule has 0 bridgehead atoms. The van der Waals surface area contributed by atoms with Crippen molar-refractivity contribution in [2.24, 2.45) is 0 Å². The van der Waals surface area contributed by atoms with E-state index in [0.717, 1.165) is 5.56 Å². The van der Waals surface area contributed by atoms with Gasteiger partial charge in [0.05, 0.1) is 6.61 Å². The summed E-state index contributed by atoms with van der Waals surface area (Å²) in [7, 11) is 0. The van der Waals surface area contributed by atoms with Gasteiger partial charge in [-0.2, -0.15) is 5.26 Å². The molecule has 0 unspecified atom stereocenters. The molecule has 0 heterocycles. The summed E-state index contributed by atoms with van der Waals surface area (Å²) >= 11 is 0. The van der Waals surface area contributed by atoms with E-state index in [9.17, 15) is 4.79 Å². The maximum Gasteiger partial charge on any atom is 0.348 e. The van der Waals surface area contributed by atoms with Gasteiger partial charge in [0.15, 0.2) is 0 Å². The molecular weight excluding hydrogens is 204 g/mol. The molecule has 0 amide bonds. The molecule has 82 valence electrons. The first-order valence-corrected chi connectivity index (χ1v) is 4.82. The molecule has 1 aromatic carbocycles. The summed E-state index contributed by atoms with van der Waals surface area (Å²) < 4.78 is 4.74. The number of rotatable bonds is 3. The molecule has 0 fully saturated rings. The second-order valence-corrected chi connectivity index (χ2v) is 3.06. The average molecular weight is 216 g/mol. The number of nitrogens with zero attached hydrogens (tertiary/aromatic N) is 1. The Hall–Kier alpha value is -2.28. The van der Waals surface area contributed by atoms with Crippen molar-refractivity contribution in [2.75, 3.05) is 12.3 Å². The van der Waals surface area contributed by atoms with Gasteiger partial charge >= 0.3 is 5.97 Å². The monoisotopic (exact) mass is 216 g/mol. The van der Waals surface area contributed by atoms with Crippen molar-refractivity contribution in [3.63, 3.8) is 0 Å². The number of carbonyl (C=O) groups excluding carboxylic acids is 1. The Morgan fingerprint density at radius 3 is 2.62 bits per heavy atom. The fourth-order valence-electron chi connectivity index (χ4n) is 1.10. The van der Waals surface area contributed by atoms with Crippen LogP contribution in [0.3, 0.4) is 0 Å². The number of hydrogen-bond donors (Lipinski definition) is 1. The summed E-state index contributed by atoms with van der Waals surface area (Å²) in [6.07, 6.45) is 1.47. The summed E-state index contributed by atoms with van der Waals surface area (Å²) in [5.41, 5.74) is 6.86. The lowest BCUT2D eigenvalue weighted by molar-refractivity contribution is -0.137. The van der Waals surface area contributed by atoms with E-state index in [0.29, 0.717) is 5.69 Å². The van der Waals surface area contributed by atoms with Crippen LogP contribution >= 0.6 is 0 Å². The van der Waals surface area contributed by atoms with Crippen LogP contribution in [0.2, 0.25) is 0 Å². The standard InChI is InChI=1S/C12H12N2O2/c1-2-16-12(15)10(8-13)7-9-3-5-11(14)6-4-9/h3-7H,2,14H2,1H3/b10-7-. The van der Waals surface area contributed by atoms with Gasteiger partial charge in [0.25, 0.3) is 0 Å². The van der Waals surface area contributed by atoms with Gasteiger partial charge in [0.1, 0.15) is 11.6 Å². The van der Waals surface area contributed by atoms with Crippen LogP contribution in [-0.2, 0) is 9.53 Å². The normalized spacial score (nSPS) is 10.6. The minimum Gasteiger partial charge on any atom is -0.462 e. The molecule has 0 spiro atoms. The molecule has 0 aliphatic carbocycles. The molecule has 0 saturated heterocycles. The second-order valence-electron chi connectivity index (χ2n) is 3.06. The Morgan fingerprint density at radius 2 is 2.12 bits per heavy atom. The number of carbonyl (C=O) groups is 1. The molecule has 0 radical (unpaired) electrons. The van der Waals surface area contributed by atoms with Crippen molar-refractivity contribution in [2.45, 2.75) is 6.92 Å². The first-order chi connectivity index (χ1) is 7.67. The molecule has 4 nitrogen and oxygen atoms in total. The zero-order valence-electron chi connectivity index (χ0n) is 8.93. The average Bonchev–Trinajstić information content (AvgIpc) is 2.28. The number of nitrogen functional groups attached to an aromatic ring is 1. The fraction of sp³-hybridized carbons (Fsp3) is 0.167. The number of benzene rings is 1. The molecule has 2 N–H and O–H groups in total. The van der Waals surface area contributed by atoms with Gasteiger partial charge in [-0.25, -0.2) is 4.79 Å². The van der Waals surface area contributed by atoms with Crippen LogP contribution in [0, 0.1) is 11.3 Å². The Bertz CT molecular complexity index is 441. The maximum absolute atomic E-state index is 11.3. The molecule has 0 aromatic heterocycles. The van der Waals surface area contributed by atoms with E-state index in [2.05, 4.69) is 0 Å². The highest BCUT2D eigenvalue weighted by Crippen LogP contribution is 2.10. The van der Waals surface area contributed by atoms with E-state index in [1.807, 2.05) is 0 Å². The predicted molar refractivity (Wildman–Crippen MR) is 61.1 cm³/mol. The van der Waals surface area contributed by atoms with E-state index in [4.69, 9.17) is 15.7 Å². The molecule has 16 heavy (non-hydrogen) atoms. The summed E-state index contributed by atoms with van der Waals surface area (Å²) in [5.74, 6) is -0.609. The lowest BCUT2D eigenvalue weighted by atomic mass is 10.1. The molecule has 0 aliphatic heterocycles. The lowest BCUT2D eigenvalue weighted by Crippen LogP contribution is -2.05. The third kappa shape index (κ3) is 3.14. The smallest absolute Gasteiger partial charge is 0.348 e. The SMILES string of the molecule is CCOC(=O)/C(C#N)=C\c1ccc(N)cc1. The number of esters is 1. The predicted octanol–water partition coefficient (Wildman–Crippen LogP) is 1.74. The van der Waals surface area contributed by atoms with Crippen LogP contribution in [0.25, 0.3) is 6.08 Å². The number of hydrogen-bond acceptors (Lipinski definition) is 4. The van der Waals surface area contributed by atoms with E-state index >= 15 is 0 Å². The third-order valence-corrected chi connectivity index (χ3v) is 1.86. The lowest BCUT2D eigenvalue weighted by Gasteiger charge is -2.00. The largest absolute Gasteiger partial charge is 0.462 e. The highest BCUT2D eigenvalue weighted by atomic mass is 16.5. The van der Waals surface area contributed by atoms with Crippen LogP contribution in [-0.4, -0.2) is 12.6 Å². The Morgan fingerprint density at radius 1 is 1.50 bits per heavy atom. The van der Waals surface area contributed by atoms with Gasteiger partial charge in [-0.15, -0.1) is 0 Å². The Kier molecular flexibility index (Phi) is 4.10. The van der Waals surface area contributed by atoms with Crippen molar-refractivity contribution in [3.05, 3.63) is 35.4 Å². The van der Waals surface area contributed by atoms with Gasteiger partial charge in [0.2, 0.25) is 0 Å². The van der Waals surface area contributed by atoms with Gasteiger partial charge < -0.3 is 10.5 Å². The van der Waals surface area contributed by atoms with Gasteiger partial charge in [0, 0.05) is 5.69 Å². The van der Waals surface area contributed by atoms with Crippen LogP contribution in [0.1, 0.15) is 12.5 Å². The molecule has 0 aliphatic rings. The van der Waals surface area contributed by atoms with E-state index in [-0.39, 0.29) is 12.2 Å². The number of nitrogens with two attached hydrogens (primary N) is 1. The van der Waals surface area contributed by atoms with E-state index in [1.165, 1.54) is 6.08 Å². The third-order valence-electron chi connectivity index (χ3n) is 1.86. The highest BCUT2D eigenvalue weighted by Gasteiger charge is 2.09. The van der Waals surface area contributed by atoms with Crippen LogP contribution in [0.15, 0.2) is 29.8 Å². The van der Waals surface area contributed by atoms with Crippen molar-refractivity contribution in [1.82, 2.24) is 0 Å². The van der Waals surface area contributed by atoms with E-state index < -0.39 is 5.97 Å². The van der Waals surface area contributed by atoms with Gasteiger partial charge in [-0.1, -0.05) is 12.1 Å².